The van der Waals surface area contributed by atoms with Gasteiger partial charge < -0.3 is 10.2 Å². The van der Waals surface area contributed by atoms with Gasteiger partial charge >= 0.3 is 5.97 Å². The molecule has 0 bridgehead atoms. The molecule has 0 radical (unpaired) electrons. The van der Waals surface area contributed by atoms with Crippen molar-refractivity contribution in [2.24, 2.45) is 11.3 Å². The normalized spacial score (nSPS) is 50.5. The lowest BCUT2D eigenvalue weighted by molar-refractivity contribution is -0.143. The van der Waals surface area contributed by atoms with Crippen LogP contribution in [0.2, 0.25) is 0 Å². The van der Waals surface area contributed by atoms with Gasteiger partial charge in [-0.2, -0.15) is 0 Å². The van der Waals surface area contributed by atoms with Gasteiger partial charge in [0.1, 0.15) is 0 Å². The van der Waals surface area contributed by atoms with Crippen LogP contribution in [0.25, 0.3) is 0 Å². The number of aliphatic hydroxyl groups excluding tert-OH is 1. The Morgan fingerprint density at radius 3 is 2.50 bits per heavy atom. The van der Waals surface area contributed by atoms with Crippen molar-refractivity contribution in [2.45, 2.75) is 25.4 Å². The molecular weight excluding hydrogens is 132 g/mol. The fourth-order valence-corrected chi connectivity index (χ4v) is 2.08. The van der Waals surface area contributed by atoms with Crippen molar-refractivity contribution in [3.05, 3.63) is 0 Å². The van der Waals surface area contributed by atoms with Crippen LogP contribution in [0, 0.1) is 11.3 Å². The Bertz CT molecular complexity index is 189. The molecule has 2 fully saturated rings. The van der Waals surface area contributed by atoms with Gasteiger partial charge in [0.2, 0.25) is 0 Å². The molecular formula is C7H10O3. The van der Waals surface area contributed by atoms with Crippen molar-refractivity contribution < 1.29 is 15.0 Å². The highest BCUT2D eigenvalue weighted by Crippen LogP contribution is 2.63. The monoisotopic (exact) mass is 142 g/mol. The van der Waals surface area contributed by atoms with Crippen LogP contribution < -0.4 is 0 Å². The van der Waals surface area contributed by atoms with E-state index in [4.69, 9.17) is 5.11 Å². The summed E-state index contributed by atoms with van der Waals surface area (Å²) in [5.74, 6) is -0.640. The minimum atomic E-state index is -0.714. The molecule has 2 aliphatic rings. The zero-order chi connectivity index (χ0) is 7.35. The highest BCUT2D eigenvalue weighted by molar-refractivity contribution is 5.79. The molecule has 3 heteroatoms. The van der Waals surface area contributed by atoms with Crippen LogP contribution in [-0.2, 0) is 4.79 Å². The summed E-state index contributed by atoms with van der Waals surface area (Å²) in [4.78, 5) is 10.6. The average molecular weight is 142 g/mol. The van der Waals surface area contributed by atoms with Gasteiger partial charge in [-0.1, -0.05) is 0 Å². The van der Waals surface area contributed by atoms with Gasteiger partial charge in [-0.3, -0.25) is 4.79 Å². The van der Waals surface area contributed by atoms with E-state index in [0.717, 1.165) is 0 Å². The van der Waals surface area contributed by atoms with E-state index in [1.54, 1.807) is 0 Å². The van der Waals surface area contributed by atoms with E-state index in [1.807, 2.05) is 0 Å². The Balaban J connectivity index is 2.18. The van der Waals surface area contributed by atoms with Crippen LogP contribution in [0.15, 0.2) is 0 Å². The van der Waals surface area contributed by atoms with Crippen molar-refractivity contribution in [3.63, 3.8) is 0 Å². The number of hydrogen-bond acceptors (Lipinski definition) is 2. The summed E-state index contributed by atoms with van der Waals surface area (Å²) in [6.45, 7) is 0. The molecule has 3 atom stereocenters. The molecule has 2 N–H and O–H groups in total. The molecule has 3 nitrogen and oxygen atoms in total. The highest BCUT2D eigenvalue weighted by atomic mass is 16.4. The third-order valence-corrected chi connectivity index (χ3v) is 2.91. The second-order valence-electron chi connectivity index (χ2n) is 3.38. The van der Waals surface area contributed by atoms with Crippen LogP contribution in [0.3, 0.4) is 0 Å². The molecule has 0 aromatic rings. The van der Waals surface area contributed by atoms with E-state index in [0.29, 0.717) is 19.3 Å². The first-order valence-corrected chi connectivity index (χ1v) is 3.58. The van der Waals surface area contributed by atoms with E-state index in [9.17, 15) is 9.90 Å². The van der Waals surface area contributed by atoms with Crippen molar-refractivity contribution >= 4 is 5.97 Å². The van der Waals surface area contributed by atoms with E-state index in [1.165, 1.54) is 0 Å². The first-order valence-electron chi connectivity index (χ1n) is 3.58. The highest BCUT2D eigenvalue weighted by Gasteiger charge is 2.66. The van der Waals surface area contributed by atoms with Gasteiger partial charge in [-0.25, -0.2) is 0 Å². The molecule has 0 spiro atoms. The quantitative estimate of drug-likeness (QED) is 0.551. The molecule has 3 unspecified atom stereocenters. The molecule has 2 rings (SSSR count). The number of rotatable bonds is 1. The topological polar surface area (TPSA) is 57.5 Å². The maximum Gasteiger partial charge on any atom is 0.310 e. The summed E-state index contributed by atoms with van der Waals surface area (Å²) < 4.78 is 0. The number of carbonyl (C=O) groups is 1. The lowest BCUT2D eigenvalue weighted by Crippen LogP contribution is -2.14. The van der Waals surface area contributed by atoms with Crippen LogP contribution in [0.1, 0.15) is 19.3 Å². The molecule has 0 amide bonds. The van der Waals surface area contributed by atoms with E-state index in [2.05, 4.69) is 0 Å². The standard InChI is InChI=1S/C7H10O3/c8-5-1-2-7(6(9)10)3-4(5)7/h4-5,8H,1-3H2,(H,9,10). The SMILES string of the molecule is O=C(O)C12CCC(O)C1C2. The second-order valence-corrected chi connectivity index (χ2v) is 3.38. The van der Waals surface area contributed by atoms with Gasteiger partial charge in [0.15, 0.2) is 0 Å². The van der Waals surface area contributed by atoms with Crippen LogP contribution in [0.5, 0.6) is 0 Å². The first kappa shape index (κ1) is 6.16. The van der Waals surface area contributed by atoms with Crippen molar-refractivity contribution in [1.29, 1.82) is 0 Å². The van der Waals surface area contributed by atoms with Crippen molar-refractivity contribution in [1.82, 2.24) is 0 Å². The fraction of sp³-hybridized carbons (Fsp3) is 0.857. The predicted molar refractivity (Wildman–Crippen MR) is 33.4 cm³/mol. The zero-order valence-corrected chi connectivity index (χ0v) is 5.58. The van der Waals surface area contributed by atoms with E-state index in [-0.39, 0.29) is 12.0 Å². The Morgan fingerprint density at radius 2 is 2.30 bits per heavy atom. The van der Waals surface area contributed by atoms with Gasteiger partial charge in [-0.05, 0) is 19.3 Å². The van der Waals surface area contributed by atoms with Gasteiger partial charge in [-0.15, -0.1) is 0 Å². The molecule has 56 valence electrons. The predicted octanol–water partition coefficient (Wildman–Crippen LogP) is 0.232. The number of carboxylic acid groups (broad SMARTS) is 1. The number of aliphatic hydroxyl groups is 1. The summed E-state index contributed by atoms with van der Waals surface area (Å²) >= 11 is 0. The van der Waals surface area contributed by atoms with E-state index < -0.39 is 11.4 Å². The van der Waals surface area contributed by atoms with Crippen LogP contribution in [0.4, 0.5) is 0 Å². The molecule has 10 heavy (non-hydrogen) atoms. The first-order chi connectivity index (χ1) is 4.67. The molecule has 0 aliphatic heterocycles. The largest absolute Gasteiger partial charge is 0.481 e. The van der Waals surface area contributed by atoms with Crippen molar-refractivity contribution in [2.75, 3.05) is 0 Å². The summed E-state index contributed by atoms with van der Waals surface area (Å²) in [5.41, 5.74) is -0.501. The lowest BCUT2D eigenvalue weighted by atomic mass is 10.1. The van der Waals surface area contributed by atoms with Gasteiger partial charge in [0, 0.05) is 5.92 Å². The Morgan fingerprint density at radius 1 is 1.60 bits per heavy atom. The molecule has 0 heterocycles. The summed E-state index contributed by atoms with van der Waals surface area (Å²) in [6.07, 6.45) is 1.71. The minimum Gasteiger partial charge on any atom is -0.481 e. The number of fused-ring (bicyclic) bond motifs is 1. The fourth-order valence-electron chi connectivity index (χ4n) is 2.08. The van der Waals surface area contributed by atoms with Gasteiger partial charge in [0.05, 0.1) is 11.5 Å². The molecule has 0 aromatic carbocycles. The number of carboxylic acids is 1. The molecule has 2 saturated carbocycles. The Hall–Kier alpha value is -0.570. The lowest BCUT2D eigenvalue weighted by Gasteiger charge is -2.01. The van der Waals surface area contributed by atoms with Crippen LogP contribution >= 0.6 is 0 Å². The van der Waals surface area contributed by atoms with Gasteiger partial charge in [0.25, 0.3) is 0 Å². The smallest absolute Gasteiger partial charge is 0.310 e. The Kier molecular flexibility index (Phi) is 0.944. The summed E-state index contributed by atoms with van der Waals surface area (Å²) in [5, 5.41) is 17.9. The molecule has 0 saturated heterocycles. The average Bonchev–Trinajstić information content (AvgIpc) is 2.52. The Labute approximate surface area is 58.7 Å². The maximum atomic E-state index is 10.6. The number of aliphatic carboxylic acids is 1. The third-order valence-electron chi connectivity index (χ3n) is 2.91. The van der Waals surface area contributed by atoms with Crippen molar-refractivity contribution in [3.8, 4) is 0 Å². The van der Waals surface area contributed by atoms with Crippen LogP contribution in [-0.4, -0.2) is 22.3 Å². The third kappa shape index (κ3) is 0.515. The second kappa shape index (κ2) is 1.53. The zero-order valence-electron chi connectivity index (χ0n) is 5.58. The number of hydrogen-bond donors (Lipinski definition) is 2. The summed E-state index contributed by atoms with van der Waals surface area (Å²) in [6, 6.07) is 0. The molecule has 2 aliphatic carbocycles. The minimum absolute atomic E-state index is 0.0741. The summed E-state index contributed by atoms with van der Waals surface area (Å²) in [7, 11) is 0. The van der Waals surface area contributed by atoms with E-state index >= 15 is 0 Å². The maximum absolute atomic E-state index is 10.6. The molecule has 0 aromatic heterocycles.